The molecule has 0 saturated carbocycles. The highest BCUT2D eigenvalue weighted by Crippen LogP contribution is 2.44. The van der Waals surface area contributed by atoms with Crippen molar-refractivity contribution in [1.29, 1.82) is 0 Å². The highest BCUT2D eigenvalue weighted by Gasteiger charge is 2.39. The summed E-state index contributed by atoms with van der Waals surface area (Å²) >= 11 is 0. The second kappa shape index (κ2) is 5.42. The summed E-state index contributed by atoms with van der Waals surface area (Å²) in [4.78, 5) is 2.34. The number of ether oxygens (including phenoxy) is 1. The minimum absolute atomic E-state index is 0.114. The second-order valence-corrected chi connectivity index (χ2v) is 6.62. The van der Waals surface area contributed by atoms with Crippen LogP contribution in [-0.4, -0.2) is 36.7 Å². The summed E-state index contributed by atoms with van der Waals surface area (Å²) in [5.41, 5.74) is -0.246. The fourth-order valence-corrected chi connectivity index (χ4v) is 3.31. The molecule has 0 aromatic heterocycles. The lowest BCUT2D eigenvalue weighted by Crippen LogP contribution is -2.48. The van der Waals surface area contributed by atoms with Gasteiger partial charge in [0.05, 0.1) is 5.56 Å². The average molecular weight is 314 g/mol. The zero-order valence-corrected chi connectivity index (χ0v) is 12.8. The van der Waals surface area contributed by atoms with Crippen LogP contribution in [-0.2, 0) is 6.18 Å². The van der Waals surface area contributed by atoms with Crippen molar-refractivity contribution in [2.75, 3.05) is 26.2 Å². The number of halogens is 3. The SMILES string of the molecule is CC1(C)CC(N2CCNCC2)c2ccc(C(F)(F)F)cc2O1. The molecule has 1 atom stereocenters. The maximum Gasteiger partial charge on any atom is 0.416 e. The highest BCUT2D eigenvalue weighted by molar-refractivity contribution is 5.43. The van der Waals surface area contributed by atoms with Gasteiger partial charge in [0.25, 0.3) is 0 Å². The molecule has 22 heavy (non-hydrogen) atoms. The third-order valence-corrected chi connectivity index (χ3v) is 4.36. The van der Waals surface area contributed by atoms with Crippen molar-refractivity contribution in [3.63, 3.8) is 0 Å². The topological polar surface area (TPSA) is 24.5 Å². The first kappa shape index (κ1) is 15.6. The van der Waals surface area contributed by atoms with Gasteiger partial charge in [-0.2, -0.15) is 13.2 Å². The Labute approximate surface area is 128 Å². The van der Waals surface area contributed by atoms with Crippen LogP contribution >= 0.6 is 0 Å². The van der Waals surface area contributed by atoms with Crippen LogP contribution in [0, 0.1) is 0 Å². The molecule has 1 fully saturated rings. The standard InChI is InChI=1S/C16H21F3N2O/c1-15(2)10-13(21-7-5-20-6-8-21)12-4-3-11(16(17,18)19)9-14(12)22-15/h3-4,9,13,20H,5-8,10H2,1-2H3. The zero-order valence-electron chi connectivity index (χ0n) is 12.8. The lowest BCUT2D eigenvalue weighted by molar-refractivity contribution is -0.137. The molecule has 122 valence electrons. The number of fused-ring (bicyclic) bond motifs is 1. The number of hydrogen-bond donors (Lipinski definition) is 1. The van der Waals surface area contributed by atoms with Gasteiger partial charge in [0.2, 0.25) is 0 Å². The molecular weight excluding hydrogens is 293 g/mol. The van der Waals surface area contributed by atoms with Gasteiger partial charge in [-0.05, 0) is 26.0 Å². The van der Waals surface area contributed by atoms with Gasteiger partial charge in [0.15, 0.2) is 0 Å². The number of benzene rings is 1. The fraction of sp³-hybridized carbons (Fsp3) is 0.625. The van der Waals surface area contributed by atoms with Crippen molar-refractivity contribution >= 4 is 0 Å². The van der Waals surface area contributed by atoms with Gasteiger partial charge in [0.1, 0.15) is 11.4 Å². The second-order valence-electron chi connectivity index (χ2n) is 6.62. The Morgan fingerprint density at radius 2 is 1.91 bits per heavy atom. The van der Waals surface area contributed by atoms with Crippen LogP contribution in [0.15, 0.2) is 18.2 Å². The lowest BCUT2D eigenvalue weighted by Gasteiger charge is -2.44. The normalized spacial score (nSPS) is 25.4. The summed E-state index contributed by atoms with van der Waals surface area (Å²) in [5, 5.41) is 3.31. The summed E-state index contributed by atoms with van der Waals surface area (Å²) in [6.07, 6.45) is -3.56. The molecule has 2 aliphatic rings. The third kappa shape index (κ3) is 3.08. The van der Waals surface area contributed by atoms with E-state index in [1.807, 2.05) is 13.8 Å². The molecule has 1 unspecified atom stereocenters. The molecule has 1 aromatic rings. The molecule has 2 aliphatic heterocycles. The summed E-state index contributed by atoms with van der Waals surface area (Å²) in [6, 6.07) is 4.00. The third-order valence-electron chi connectivity index (χ3n) is 4.36. The number of nitrogens with one attached hydrogen (secondary N) is 1. The Balaban J connectivity index is 1.98. The number of alkyl halides is 3. The predicted octanol–water partition coefficient (Wildman–Crippen LogP) is 3.21. The van der Waals surface area contributed by atoms with E-state index >= 15 is 0 Å². The van der Waals surface area contributed by atoms with E-state index in [4.69, 9.17) is 4.74 Å². The average Bonchev–Trinajstić information content (AvgIpc) is 2.44. The highest BCUT2D eigenvalue weighted by atomic mass is 19.4. The molecule has 0 amide bonds. The number of piperazine rings is 1. The van der Waals surface area contributed by atoms with E-state index in [0.29, 0.717) is 5.75 Å². The van der Waals surface area contributed by atoms with Crippen LogP contribution in [0.5, 0.6) is 5.75 Å². The Bertz CT molecular complexity index is 551. The molecule has 3 nitrogen and oxygen atoms in total. The van der Waals surface area contributed by atoms with Gasteiger partial charge in [-0.1, -0.05) is 6.07 Å². The van der Waals surface area contributed by atoms with Crippen molar-refractivity contribution in [3.05, 3.63) is 29.3 Å². The van der Waals surface area contributed by atoms with Crippen LogP contribution in [0.3, 0.4) is 0 Å². The van der Waals surface area contributed by atoms with Crippen LogP contribution in [0.25, 0.3) is 0 Å². The van der Waals surface area contributed by atoms with E-state index in [9.17, 15) is 13.2 Å². The van der Waals surface area contributed by atoms with Gasteiger partial charge in [-0.15, -0.1) is 0 Å². The van der Waals surface area contributed by atoms with E-state index in [1.165, 1.54) is 0 Å². The van der Waals surface area contributed by atoms with Crippen molar-refractivity contribution in [3.8, 4) is 5.75 Å². The van der Waals surface area contributed by atoms with Gasteiger partial charge >= 0.3 is 6.18 Å². The molecular formula is C16H21F3N2O. The monoisotopic (exact) mass is 314 g/mol. The molecule has 0 aliphatic carbocycles. The Morgan fingerprint density at radius 1 is 1.23 bits per heavy atom. The predicted molar refractivity (Wildman–Crippen MR) is 78.0 cm³/mol. The summed E-state index contributed by atoms with van der Waals surface area (Å²) < 4.78 is 44.6. The minimum Gasteiger partial charge on any atom is -0.487 e. The Morgan fingerprint density at radius 3 is 2.55 bits per heavy atom. The van der Waals surface area contributed by atoms with Crippen LogP contribution in [0.2, 0.25) is 0 Å². The molecule has 0 radical (unpaired) electrons. The summed E-state index contributed by atoms with van der Waals surface area (Å²) in [7, 11) is 0. The molecule has 3 rings (SSSR count). The van der Waals surface area contributed by atoms with E-state index in [2.05, 4.69) is 10.2 Å². The van der Waals surface area contributed by atoms with Gasteiger partial charge in [-0.3, -0.25) is 4.90 Å². The first-order chi connectivity index (χ1) is 10.3. The lowest BCUT2D eigenvalue weighted by atomic mass is 9.87. The fourth-order valence-electron chi connectivity index (χ4n) is 3.31. The first-order valence-corrected chi connectivity index (χ1v) is 7.61. The quantitative estimate of drug-likeness (QED) is 0.861. The summed E-state index contributed by atoms with van der Waals surface area (Å²) in [5.74, 6) is 0.370. The molecule has 2 heterocycles. The molecule has 1 N–H and O–H groups in total. The smallest absolute Gasteiger partial charge is 0.416 e. The molecule has 6 heteroatoms. The maximum atomic E-state index is 12.9. The first-order valence-electron chi connectivity index (χ1n) is 7.61. The Kier molecular flexibility index (Phi) is 3.85. The maximum absolute atomic E-state index is 12.9. The largest absolute Gasteiger partial charge is 0.487 e. The van der Waals surface area contributed by atoms with Crippen molar-refractivity contribution in [2.45, 2.75) is 38.1 Å². The van der Waals surface area contributed by atoms with E-state index < -0.39 is 17.3 Å². The van der Waals surface area contributed by atoms with Crippen LogP contribution in [0.4, 0.5) is 13.2 Å². The Hall–Kier alpha value is -1.27. The minimum atomic E-state index is -4.34. The van der Waals surface area contributed by atoms with E-state index in [0.717, 1.165) is 50.3 Å². The van der Waals surface area contributed by atoms with Crippen molar-refractivity contribution in [2.24, 2.45) is 0 Å². The van der Waals surface area contributed by atoms with Crippen molar-refractivity contribution in [1.82, 2.24) is 10.2 Å². The van der Waals surface area contributed by atoms with Crippen LogP contribution < -0.4 is 10.1 Å². The number of nitrogens with zero attached hydrogens (tertiary/aromatic N) is 1. The van der Waals surface area contributed by atoms with Gasteiger partial charge < -0.3 is 10.1 Å². The van der Waals surface area contributed by atoms with Crippen LogP contribution in [0.1, 0.15) is 37.4 Å². The van der Waals surface area contributed by atoms with E-state index in [1.54, 1.807) is 6.07 Å². The van der Waals surface area contributed by atoms with E-state index in [-0.39, 0.29) is 6.04 Å². The molecule has 0 spiro atoms. The zero-order chi connectivity index (χ0) is 16.0. The molecule has 1 saturated heterocycles. The number of hydrogen-bond acceptors (Lipinski definition) is 3. The van der Waals surface area contributed by atoms with Gasteiger partial charge in [0, 0.05) is 44.2 Å². The summed E-state index contributed by atoms with van der Waals surface area (Å²) in [6.45, 7) is 7.50. The number of rotatable bonds is 1. The van der Waals surface area contributed by atoms with Crippen molar-refractivity contribution < 1.29 is 17.9 Å². The van der Waals surface area contributed by atoms with Gasteiger partial charge in [-0.25, -0.2) is 0 Å². The molecule has 0 bridgehead atoms. The molecule has 1 aromatic carbocycles.